The first-order valence-electron chi connectivity index (χ1n) is 10.6. The number of nitriles is 1. The third kappa shape index (κ3) is 6.16. The number of amides is 1. The van der Waals surface area contributed by atoms with Crippen LogP contribution in [-0.4, -0.2) is 40.4 Å². The molecule has 0 saturated heterocycles. The van der Waals surface area contributed by atoms with Crippen molar-refractivity contribution in [2.24, 2.45) is 0 Å². The van der Waals surface area contributed by atoms with Crippen LogP contribution in [0.25, 0.3) is 11.1 Å². The van der Waals surface area contributed by atoms with Crippen molar-refractivity contribution in [3.63, 3.8) is 0 Å². The van der Waals surface area contributed by atoms with Crippen molar-refractivity contribution in [2.45, 2.75) is 32.9 Å². The van der Waals surface area contributed by atoms with Crippen LogP contribution in [0.15, 0.2) is 54.7 Å². The van der Waals surface area contributed by atoms with Gasteiger partial charge in [0.25, 0.3) is 5.91 Å². The highest BCUT2D eigenvalue weighted by Gasteiger charge is 2.16. The minimum atomic E-state index is -1.05. The van der Waals surface area contributed by atoms with Gasteiger partial charge < -0.3 is 20.3 Å². The van der Waals surface area contributed by atoms with Gasteiger partial charge in [0, 0.05) is 17.5 Å². The van der Waals surface area contributed by atoms with Gasteiger partial charge >= 0.3 is 0 Å². The fourth-order valence-corrected chi connectivity index (χ4v) is 3.32. The van der Waals surface area contributed by atoms with Crippen LogP contribution in [0.5, 0.6) is 5.75 Å². The Hall–Kier alpha value is -3.73. The number of benzene rings is 2. The SMILES string of the molecule is Cc1ccc(-c2cc(OCC(O)CO)cc(C(=O)NC(C)c3ccc(C)nc3)c2)c(C#N)c1. The lowest BCUT2D eigenvalue weighted by Gasteiger charge is -2.17. The number of aliphatic hydroxyl groups is 2. The number of ether oxygens (including phenoxy) is 1. The number of hydrogen-bond acceptors (Lipinski definition) is 6. The Morgan fingerprint density at radius 2 is 1.97 bits per heavy atom. The Labute approximate surface area is 193 Å². The normalized spacial score (nSPS) is 12.5. The van der Waals surface area contributed by atoms with Crippen molar-refractivity contribution in [3.05, 3.63) is 82.7 Å². The first-order chi connectivity index (χ1) is 15.8. The number of aromatic nitrogens is 1. The Kier molecular flexibility index (Phi) is 7.78. The molecule has 0 bridgehead atoms. The largest absolute Gasteiger partial charge is 0.491 e. The Bertz CT molecular complexity index is 1170. The van der Waals surface area contributed by atoms with E-state index in [1.165, 1.54) is 0 Å². The van der Waals surface area contributed by atoms with Gasteiger partial charge in [-0.2, -0.15) is 5.26 Å². The highest BCUT2D eigenvalue weighted by molar-refractivity contribution is 5.96. The summed E-state index contributed by atoms with van der Waals surface area (Å²) >= 11 is 0. The molecule has 1 amide bonds. The molecule has 2 atom stereocenters. The van der Waals surface area contributed by atoms with Gasteiger partial charge in [0.05, 0.1) is 24.3 Å². The summed E-state index contributed by atoms with van der Waals surface area (Å²) in [6.45, 7) is 5.10. The number of nitrogens with one attached hydrogen (secondary N) is 1. The number of carbonyl (C=O) groups excluding carboxylic acids is 1. The molecule has 0 radical (unpaired) electrons. The summed E-state index contributed by atoms with van der Waals surface area (Å²) in [4.78, 5) is 17.4. The molecule has 0 aliphatic carbocycles. The molecule has 0 aliphatic heterocycles. The van der Waals surface area contributed by atoms with Crippen molar-refractivity contribution >= 4 is 5.91 Å². The van der Waals surface area contributed by atoms with Crippen molar-refractivity contribution in [1.29, 1.82) is 5.26 Å². The molecule has 2 unspecified atom stereocenters. The number of nitrogens with zero attached hydrogens (tertiary/aromatic N) is 2. The zero-order valence-electron chi connectivity index (χ0n) is 18.9. The van der Waals surface area contributed by atoms with Crippen molar-refractivity contribution in [1.82, 2.24) is 10.3 Å². The zero-order chi connectivity index (χ0) is 24.0. The minimum Gasteiger partial charge on any atom is -0.491 e. The van der Waals surface area contributed by atoms with Crippen LogP contribution < -0.4 is 10.1 Å². The first kappa shape index (κ1) is 23.9. The van der Waals surface area contributed by atoms with Gasteiger partial charge in [-0.05, 0) is 73.4 Å². The molecular formula is C26H27N3O4. The second-order valence-corrected chi connectivity index (χ2v) is 7.98. The number of hydrogen-bond donors (Lipinski definition) is 3. The summed E-state index contributed by atoms with van der Waals surface area (Å²) in [6.07, 6.45) is 0.682. The molecule has 7 heteroatoms. The Morgan fingerprint density at radius 3 is 2.64 bits per heavy atom. The molecule has 170 valence electrons. The number of carbonyl (C=O) groups is 1. The third-order valence-electron chi connectivity index (χ3n) is 5.21. The van der Waals surface area contributed by atoms with Crippen LogP contribution in [0, 0.1) is 25.2 Å². The molecule has 3 aromatic rings. The van der Waals surface area contributed by atoms with E-state index in [4.69, 9.17) is 9.84 Å². The molecule has 1 heterocycles. The second-order valence-electron chi connectivity index (χ2n) is 7.98. The van der Waals surface area contributed by atoms with E-state index < -0.39 is 12.7 Å². The summed E-state index contributed by atoms with van der Waals surface area (Å²) in [5.74, 6) is 0.0300. The molecule has 3 rings (SSSR count). The van der Waals surface area contributed by atoms with Gasteiger partial charge in [-0.15, -0.1) is 0 Å². The topological polar surface area (TPSA) is 115 Å². The van der Waals surface area contributed by atoms with E-state index in [-0.39, 0.29) is 18.6 Å². The standard InChI is InChI=1S/C26H27N3O4/c1-16-4-7-25(22(8-16)12-27)20-9-21(11-24(10-20)33-15-23(31)14-30)26(32)29-18(3)19-6-5-17(2)28-13-19/h4-11,13,18,23,30-31H,14-15H2,1-3H3,(H,29,32). The van der Waals surface area contributed by atoms with E-state index in [1.807, 2.05) is 45.0 Å². The molecule has 0 fully saturated rings. The predicted octanol–water partition coefficient (Wildman–Crippen LogP) is 3.46. The number of pyridine rings is 1. The average Bonchev–Trinajstić information content (AvgIpc) is 2.82. The van der Waals surface area contributed by atoms with E-state index in [0.717, 1.165) is 16.8 Å². The maximum Gasteiger partial charge on any atom is 0.251 e. The lowest BCUT2D eigenvalue weighted by molar-refractivity contribution is 0.0536. The highest BCUT2D eigenvalue weighted by atomic mass is 16.5. The van der Waals surface area contributed by atoms with Crippen molar-refractivity contribution < 1.29 is 19.7 Å². The first-order valence-corrected chi connectivity index (χ1v) is 10.6. The monoisotopic (exact) mass is 445 g/mol. The van der Waals surface area contributed by atoms with Crippen molar-refractivity contribution in [3.8, 4) is 22.9 Å². The maximum absolute atomic E-state index is 13.1. The number of rotatable bonds is 8. The predicted molar refractivity (Wildman–Crippen MR) is 125 cm³/mol. The minimum absolute atomic E-state index is 0.133. The molecule has 33 heavy (non-hydrogen) atoms. The quantitative estimate of drug-likeness (QED) is 0.489. The molecule has 7 nitrogen and oxygen atoms in total. The van der Waals surface area contributed by atoms with Crippen molar-refractivity contribution in [2.75, 3.05) is 13.2 Å². The summed E-state index contributed by atoms with van der Waals surface area (Å²) in [5, 5.41) is 31.3. The molecule has 0 spiro atoms. The molecule has 1 aromatic heterocycles. The highest BCUT2D eigenvalue weighted by Crippen LogP contribution is 2.30. The fraction of sp³-hybridized carbons (Fsp3) is 0.269. The van der Waals surface area contributed by atoms with E-state index in [2.05, 4.69) is 16.4 Å². The molecule has 2 aromatic carbocycles. The van der Waals surface area contributed by atoms with Gasteiger partial charge in [0.2, 0.25) is 0 Å². The van der Waals surface area contributed by atoms with E-state index >= 15 is 0 Å². The van der Waals surface area contributed by atoms with Crippen LogP contribution in [0.2, 0.25) is 0 Å². The lowest BCUT2D eigenvalue weighted by Crippen LogP contribution is -2.27. The lowest BCUT2D eigenvalue weighted by atomic mass is 9.96. The summed E-state index contributed by atoms with van der Waals surface area (Å²) in [5.41, 5.74) is 4.84. The van der Waals surface area contributed by atoms with E-state index in [9.17, 15) is 15.2 Å². The van der Waals surface area contributed by atoms with Crippen LogP contribution in [0.1, 0.15) is 45.7 Å². The fourth-order valence-electron chi connectivity index (χ4n) is 3.32. The van der Waals surface area contributed by atoms with Crippen LogP contribution >= 0.6 is 0 Å². The molecule has 0 saturated carbocycles. The smallest absolute Gasteiger partial charge is 0.251 e. The number of aryl methyl sites for hydroxylation is 2. The Balaban J connectivity index is 1.95. The molecule has 0 aliphatic rings. The van der Waals surface area contributed by atoms with Gasteiger partial charge in [-0.1, -0.05) is 18.2 Å². The van der Waals surface area contributed by atoms with E-state index in [0.29, 0.717) is 28.0 Å². The van der Waals surface area contributed by atoms with E-state index in [1.54, 1.807) is 30.5 Å². The van der Waals surface area contributed by atoms with Crippen LogP contribution in [-0.2, 0) is 0 Å². The zero-order valence-corrected chi connectivity index (χ0v) is 18.9. The number of aliphatic hydroxyl groups excluding tert-OH is 2. The molecular weight excluding hydrogens is 418 g/mol. The summed E-state index contributed by atoms with van der Waals surface area (Å²) in [7, 11) is 0. The maximum atomic E-state index is 13.1. The Morgan fingerprint density at radius 1 is 1.18 bits per heavy atom. The van der Waals surface area contributed by atoms with Gasteiger partial charge in [-0.3, -0.25) is 9.78 Å². The summed E-state index contributed by atoms with van der Waals surface area (Å²) < 4.78 is 5.63. The third-order valence-corrected chi connectivity index (χ3v) is 5.21. The summed E-state index contributed by atoms with van der Waals surface area (Å²) in [6, 6.07) is 16.2. The van der Waals surface area contributed by atoms with Crippen LogP contribution in [0.4, 0.5) is 0 Å². The van der Waals surface area contributed by atoms with Gasteiger partial charge in [0.1, 0.15) is 18.5 Å². The van der Waals surface area contributed by atoms with Gasteiger partial charge in [-0.25, -0.2) is 0 Å². The van der Waals surface area contributed by atoms with Gasteiger partial charge in [0.15, 0.2) is 0 Å². The average molecular weight is 446 g/mol. The molecule has 3 N–H and O–H groups in total. The second kappa shape index (κ2) is 10.7. The van der Waals surface area contributed by atoms with Crippen LogP contribution in [0.3, 0.4) is 0 Å².